The predicted octanol–water partition coefficient (Wildman–Crippen LogP) is 2.24. The van der Waals surface area contributed by atoms with Crippen LogP contribution in [0.5, 0.6) is 0 Å². The Balaban J connectivity index is 3.97. The summed E-state index contributed by atoms with van der Waals surface area (Å²) in [5.41, 5.74) is -0.539. The quantitative estimate of drug-likeness (QED) is 0.771. The number of ether oxygens (including phenoxy) is 2. The predicted molar refractivity (Wildman–Crippen MR) is 64.7 cm³/mol. The van der Waals surface area contributed by atoms with Crippen LogP contribution in [-0.2, 0) is 14.3 Å². The maximum Gasteiger partial charge on any atom is 0.407 e. The van der Waals surface area contributed by atoms with E-state index in [9.17, 15) is 9.59 Å². The lowest BCUT2D eigenvalue weighted by Crippen LogP contribution is -2.39. The summed E-state index contributed by atoms with van der Waals surface area (Å²) in [4.78, 5) is 22.7. The molecule has 1 unspecified atom stereocenters. The third-order valence-corrected chi connectivity index (χ3v) is 1.60. The molecule has 5 nitrogen and oxygen atoms in total. The first-order valence-corrected chi connectivity index (χ1v) is 5.79. The highest BCUT2D eigenvalue weighted by Crippen LogP contribution is 2.07. The summed E-state index contributed by atoms with van der Waals surface area (Å²) in [6.07, 6.45) is -0.532. The zero-order valence-electron chi connectivity index (χ0n) is 11.5. The molecule has 5 heteroatoms. The number of carbonyl (C=O) groups excluding carboxylic acids is 2. The first kappa shape index (κ1) is 15.7. The van der Waals surface area contributed by atoms with E-state index in [2.05, 4.69) is 5.32 Å². The molecular formula is C12H23NO4. The molecule has 0 saturated carbocycles. The zero-order valence-corrected chi connectivity index (χ0v) is 11.5. The molecule has 0 aromatic rings. The van der Waals surface area contributed by atoms with Crippen LogP contribution < -0.4 is 5.32 Å². The second kappa shape index (κ2) is 6.47. The molecule has 0 fully saturated rings. The normalized spacial score (nSPS) is 13.1. The Kier molecular flexibility index (Phi) is 5.99. The van der Waals surface area contributed by atoms with Crippen molar-refractivity contribution in [2.24, 2.45) is 0 Å². The minimum Gasteiger partial charge on any atom is -0.463 e. The summed E-state index contributed by atoms with van der Waals surface area (Å²) in [6.45, 7) is 10.6. The number of nitrogens with one attached hydrogen (secondary N) is 1. The number of hydrogen-bond donors (Lipinski definition) is 1. The van der Waals surface area contributed by atoms with Crippen molar-refractivity contribution in [2.75, 3.05) is 0 Å². The van der Waals surface area contributed by atoms with Crippen molar-refractivity contribution in [2.45, 2.75) is 65.7 Å². The number of hydrogen-bond acceptors (Lipinski definition) is 4. The van der Waals surface area contributed by atoms with Gasteiger partial charge in [-0.25, -0.2) is 4.79 Å². The van der Waals surface area contributed by atoms with E-state index in [0.717, 1.165) is 0 Å². The van der Waals surface area contributed by atoms with Crippen molar-refractivity contribution in [3.8, 4) is 0 Å². The molecule has 100 valence electrons. The van der Waals surface area contributed by atoms with Crippen molar-refractivity contribution in [3.05, 3.63) is 0 Å². The standard InChI is InChI=1S/C12H23NO4/c1-8(2)16-10(14)7-9(3)13-11(15)17-12(4,5)6/h8-9H,7H2,1-6H3,(H,13,15). The molecule has 0 aliphatic heterocycles. The number of amides is 1. The van der Waals surface area contributed by atoms with Crippen LogP contribution in [0.2, 0.25) is 0 Å². The van der Waals surface area contributed by atoms with Crippen molar-refractivity contribution >= 4 is 12.1 Å². The maximum absolute atomic E-state index is 11.4. The molecule has 0 aliphatic carbocycles. The molecule has 1 N–H and O–H groups in total. The molecule has 1 atom stereocenters. The first-order valence-electron chi connectivity index (χ1n) is 5.79. The minimum atomic E-state index is -0.539. The molecule has 0 heterocycles. The highest BCUT2D eigenvalue weighted by molar-refractivity contribution is 5.72. The van der Waals surface area contributed by atoms with Gasteiger partial charge in [-0.2, -0.15) is 0 Å². The Labute approximate surface area is 103 Å². The van der Waals surface area contributed by atoms with Crippen molar-refractivity contribution < 1.29 is 19.1 Å². The maximum atomic E-state index is 11.4. The number of rotatable bonds is 4. The Hall–Kier alpha value is -1.26. The van der Waals surface area contributed by atoms with Gasteiger partial charge in [0.05, 0.1) is 12.5 Å². The third kappa shape index (κ3) is 9.66. The summed E-state index contributed by atoms with van der Waals surface area (Å²) >= 11 is 0. The molecule has 0 rings (SSSR count). The summed E-state index contributed by atoms with van der Waals surface area (Å²) in [5.74, 6) is -0.330. The first-order chi connectivity index (χ1) is 7.60. The highest BCUT2D eigenvalue weighted by atomic mass is 16.6. The SMILES string of the molecule is CC(CC(=O)OC(C)C)NC(=O)OC(C)(C)C. The molecule has 0 saturated heterocycles. The zero-order chi connectivity index (χ0) is 13.6. The van der Waals surface area contributed by atoms with Gasteiger partial charge >= 0.3 is 12.1 Å². The average Bonchev–Trinajstić information content (AvgIpc) is 1.95. The Morgan fingerprint density at radius 3 is 2.12 bits per heavy atom. The molecule has 0 aromatic carbocycles. The van der Waals surface area contributed by atoms with Crippen LogP contribution in [0.25, 0.3) is 0 Å². The van der Waals surface area contributed by atoms with Gasteiger partial charge in [-0.05, 0) is 41.5 Å². The van der Waals surface area contributed by atoms with Gasteiger partial charge in [-0.15, -0.1) is 0 Å². The van der Waals surface area contributed by atoms with E-state index in [1.165, 1.54) is 0 Å². The Morgan fingerprint density at radius 2 is 1.71 bits per heavy atom. The van der Waals surface area contributed by atoms with E-state index in [1.807, 2.05) is 0 Å². The Morgan fingerprint density at radius 1 is 1.18 bits per heavy atom. The molecular weight excluding hydrogens is 222 g/mol. The fourth-order valence-corrected chi connectivity index (χ4v) is 1.12. The van der Waals surface area contributed by atoms with E-state index in [4.69, 9.17) is 9.47 Å². The van der Waals surface area contributed by atoms with Crippen LogP contribution in [0.4, 0.5) is 4.79 Å². The van der Waals surface area contributed by atoms with E-state index < -0.39 is 11.7 Å². The Bertz CT molecular complexity index is 268. The van der Waals surface area contributed by atoms with E-state index in [-0.39, 0.29) is 24.5 Å². The van der Waals surface area contributed by atoms with Crippen LogP contribution in [0.1, 0.15) is 48.0 Å². The molecule has 0 aromatic heterocycles. The van der Waals surface area contributed by atoms with Gasteiger partial charge in [-0.1, -0.05) is 0 Å². The van der Waals surface area contributed by atoms with E-state index in [1.54, 1.807) is 41.5 Å². The molecule has 0 radical (unpaired) electrons. The lowest BCUT2D eigenvalue weighted by atomic mass is 10.2. The molecule has 0 spiro atoms. The summed E-state index contributed by atoms with van der Waals surface area (Å²) in [7, 11) is 0. The largest absolute Gasteiger partial charge is 0.463 e. The summed E-state index contributed by atoms with van der Waals surface area (Å²) in [6, 6.07) is -0.309. The molecule has 0 aliphatic rings. The van der Waals surface area contributed by atoms with Gasteiger partial charge in [0.1, 0.15) is 5.60 Å². The molecule has 17 heavy (non-hydrogen) atoms. The van der Waals surface area contributed by atoms with E-state index >= 15 is 0 Å². The van der Waals surface area contributed by atoms with Crippen molar-refractivity contribution in [1.82, 2.24) is 5.32 Å². The van der Waals surface area contributed by atoms with Gasteiger partial charge in [0, 0.05) is 6.04 Å². The smallest absolute Gasteiger partial charge is 0.407 e. The second-order valence-electron chi connectivity index (χ2n) is 5.29. The van der Waals surface area contributed by atoms with Crippen molar-refractivity contribution in [1.29, 1.82) is 0 Å². The highest BCUT2D eigenvalue weighted by Gasteiger charge is 2.19. The van der Waals surface area contributed by atoms with Crippen LogP contribution in [0.15, 0.2) is 0 Å². The van der Waals surface area contributed by atoms with Crippen LogP contribution in [-0.4, -0.2) is 29.8 Å². The van der Waals surface area contributed by atoms with Crippen LogP contribution in [0.3, 0.4) is 0 Å². The van der Waals surface area contributed by atoms with Gasteiger partial charge in [0.2, 0.25) is 0 Å². The van der Waals surface area contributed by atoms with E-state index in [0.29, 0.717) is 0 Å². The topological polar surface area (TPSA) is 64.6 Å². The van der Waals surface area contributed by atoms with Gasteiger partial charge in [0.15, 0.2) is 0 Å². The number of esters is 1. The lowest BCUT2D eigenvalue weighted by molar-refractivity contribution is -0.147. The van der Waals surface area contributed by atoms with Gasteiger partial charge < -0.3 is 14.8 Å². The second-order valence-corrected chi connectivity index (χ2v) is 5.29. The lowest BCUT2D eigenvalue weighted by Gasteiger charge is -2.21. The number of alkyl carbamates (subject to hydrolysis) is 1. The molecule has 0 bridgehead atoms. The van der Waals surface area contributed by atoms with Crippen LogP contribution >= 0.6 is 0 Å². The average molecular weight is 245 g/mol. The molecule has 1 amide bonds. The number of carbonyl (C=O) groups is 2. The van der Waals surface area contributed by atoms with Gasteiger partial charge in [0.25, 0.3) is 0 Å². The van der Waals surface area contributed by atoms with Crippen LogP contribution in [0, 0.1) is 0 Å². The summed E-state index contributed by atoms with van der Waals surface area (Å²) < 4.78 is 10.0. The fraction of sp³-hybridized carbons (Fsp3) is 0.833. The van der Waals surface area contributed by atoms with Gasteiger partial charge in [-0.3, -0.25) is 4.79 Å². The summed E-state index contributed by atoms with van der Waals surface area (Å²) in [5, 5.41) is 2.58. The van der Waals surface area contributed by atoms with Crippen molar-refractivity contribution in [3.63, 3.8) is 0 Å². The minimum absolute atomic E-state index is 0.136. The monoisotopic (exact) mass is 245 g/mol. The fourth-order valence-electron chi connectivity index (χ4n) is 1.12. The third-order valence-electron chi connectivity index (χ3n) is 1.60.